The average molecular weight is 268 g/mol. The maximum Gasteiger partial charge on any atom is 0.330 e. The number of imide groups is 1. The van der Waals surface area contributed by atoms with E-state index >= 15 is 0 Å². The Morgan fingerprint density at radius 3 is 2.50 bits per heavy atom. The number of benzene rings is 1. The highest BCUT2D eigenvalue weighted by atomic mass is 35.5. The van der Waals surface area contributed by atoms with E-state index in [0.29, 0.717) is 17.3 Å². The lowest BCUT2D eigenvalue weighted by Gasteiger charge is -2.15. The van der Waals surface area contributed by atoms with Crippen molar-refractivity contribution in [2.45, 2.75) is 13.0 Å². The topological polar surface area (TPSA) is 52.7 Å². The second-order valence-corrected chi connectivity index (χ2v) is 4.73. The van der Waals surface area contributed by atoms with Crippen molar-refractivity contribution in [2.75, 3.05) is 18.9 Å². The first kappa shape index (κ1) is 12.7. The molecule has 1 aromatic carbocycles. The molecule has 0 saturated carbocycles. The molecule has 18 heavy (non-hydrogen) atoms. The summed E-state index contributed by atoms with van der Waals surface area (Å²) in [4.78, 5) is 26.4. The van der Waals surface area contributed by atoms with Crippen molar-refractivity contribution in [1.82, 2.24) is 9.80 Å². The van der Waals surface area contributed by atoms with E-state index in [9.17, 15) is 9.59 Å². The number of rotatable bonds is 1. The molecule has 1 fully saturated rings. The van der Waals surface area contributed by atoms with Gasteiger partial charge in [0.25, 0.3) is 0 Å². The van der Waals surface area contributed by atoms with Gasteiger partial charge in [-0.15, -0.1) is 0 Å². The Morgan fingerprint density at radius 2 is 2.00 bits per heavy atom. The summed E-state index contributed by atoms with van der Waals surface area (Å²) in [6, 6.07) is 6.07. The van der Waals surface area contributed by atoms with Crippen molar-refractivity contribution in [2.24, 2.45) is 0 Å². The van der Waals surface area contributed by atoms with Crippen LogP contribution in [0, 0.1) is 0 Å². The molecule has 1 heterocycles. The van der Waals surface area contributed by atoms with Gasteiger partial charge in [0.15, 0.2) is 0 Å². The summed E-state index contributed by atoms with van der Waals surface area (Å²) >= 11 is 5.75. The normalized spacial score (nSPS) is 19.3. The highest BCUT2D eigenvalue weighted by Crippen LogP contribution is 2.17. The fraction of sp³-hybridized carbons (Fsp3) is 0.333. The highest BCUT2D eigenvalue weighted by molar-refractivity contribution is 6.30. The molecule has 0 aliphatic carbocycles. The molecule has 0 aromatic heterocycles. The van der Waals surface area contributed by atoms with Crippen molar-refractivity contribution >= 4 is 29.4 Å². The zero-order valence-electron chi connectivity index (χ0n) is 10.2. The second-order valence-electron chi connectivity index (χ2n) is 4.29. The molecule has 1 aromatic rings. The van der Waals surface area contributed by atoms with Gasteiger partial charge in [-0.3, -0.25) is 0 Å². The van der Waals surface area contributed by atoms with Gasteiger partial charge in [-0.1, -0.05) is 11.6 Å². The quantitative estimate of drug-likeness (QED) is 0.850. The summed E-state index contributed by atoms with van der Waals surface area (Å²) in [6.07, 6.45) is 0. The van der Waals surface area contributed by atoms with E-state index in [1.165, 1.54) is 4.90 Å². The van der Waals surface area contributed by atoms with Gasteiger partial charge in [0.05, 0.1) is 6.54 Å². The molecule has 1 unspecified atom stereocenters. The predicted octanol–water partition coefficient (Wildman–Crippen LogP) is 2.63. The number of urea groups is 2. The molecule has 1 aliphatic heterocycles. The molecule has 6 heteroatoms. The van der Waals surface area contributed by atoms with Crippen molar-refractivity contribution in [1.29, 1.82) is 0 Å². The van der Waals surface area contributed by atoms with E-state index in [4.69, 9.17) is 11.6 Å². The number of hydrogen-bond acceptors (Lipinski definition) is 2. The van der Waals surface area contributed by atoms with E-state index in [0.717, 1.165) is 0 Å². The maximum atomic E-state index is 11.9. The molecule has 0 spiro atoms. The number of nitrogens with one attached hydrogen (secondary N) is 1. The molecule has 4 amide bonds. The molecule has 1 N–H and O–H groups in total. The molecule has 5 nitrogen and oxygen atoms in total. The van der Waals surface area contributed by atoms with Crippen molar-refractivity contribution < 1.29 is 9.59 Å². The molecule has 1 aliphatic rings. The number of nitrogens with zero attached hydrogens (tertiary/aromatic N) is 2. The van der Waals surface area contributed by atoms with Crippen LogP contribution in [0.5, 0.6) is 0 Å². The van der Waals surface area contributed by atoms with Gasteiger partial charge in [0.2, 0.25) is 0 Å². The van der Waals surface area contributed by atoms with Gasteiger partial charge >= 0.3 is 12.1 Å². The van der Waals surface area contributed by atoms with Crippen LogP contribution in [0.15, 0.2) is 24.3 Å². The van der Waals surface area contributed by atoms with Gasteiger partial charge in [-0.05, 0) is 31.2 Å². The Balaban J connectivity index is 2.05. The van der Waals surface area contributed by atoms with Crippen molar-refractivity contribution in [3.05, 3.63) is 29.3 Å². The number of anilines is 1. The minimum absolute atomic E-state index is 0.0356. The van der Waals surface area contributed by atoms with Crippen LogP contribution < -0.4 is 5.32 Å². The first-order chi connectivity index (χ1) is 8.49. The molecular weight excluding hydrogens is 254 g/mol. The standard InChI is InChI=1S/C12H14ClN3O2/c1-8-7-16(12(18)15(8)2)11(17)14-10-5-3-9(13)4-6-10/h3-6,8H,7H2,1-2H3,(H,14,17). The number of hydrogen-bond donors (Lipinski definition) is 1. The third-order valence-electron chi connectivity index (χ3n) is 2.98. The molecule has 96 valence electrons. The summed E-state index contributed by atoms with van der Waals surface area (Å²) in [5, 5.41) is 3.26. The Kier molecular flexibility index (Phi) is 3.43. The van der Waals surface area contributed by atoms with Crippen LogP contribution in [0.3, 0.4) is 0 Å². The summed E-state index contributed by atoms with van der Waals surface area (Å²) in [6.45, 7) is 2.29. The largest absolute Gasteiger partial charge is 0.330 e. The van der Waals surface area contributed by atoms with E-state index in [-0.39, 0.29) is 12.1 Å². The number of carbonyl (C=O) groups excluding carboxylic acids is 2. The highest BCUT2D eigenvalue weighted by Gasteiger charge is 2.35. The first-order valence-corrected chi connectivity index (χ1v) is 5.97. The maximum absolute atomic E-state index is 11.9. The third kappa shape index (κ3) is 2.41. The monoisotopic (exact) mass is 267 g/mol. The summed E-state index contributed by atoms with van der Waals surface area (Å²) in [5.41, 5.74) is 0.611. The fourth-order valence-corrected chi connectivity index (χ4v) is 1.86. The summed E-state index contributed by atoms with van der Waals surface area (Å²) < 4.78 is 0. The first-order valence-electron chi connectivity index (χ1n) is 5.60. The summed E-state index contributed by atoms with van der Waals surface area (Å²) in [7, 11) is 1.68. The van der Waals surface area contributed by atoms with Gasteiger partial charge in [-0.25, -0.2) is 14.5 Å². The molecule has 0 bridgehead atoms. The number of carbonyl (C=O) groups is 2. The smallest absolute Gasteiger partial charge is 0.323 e. The van der Waals surface area contributed by atoms with Crippen LogP contribution in [0.25, 0.3) is 0 Å². The average Bonchev–Trinajstić information content (AvgIpc) is 2.60. The van der Waals surface area contributed by atoms with Gasteiger partial charge in [0, 0.05) is 23.8 Å². The molecular formula is C12H14ClN3O2. The Labute approximate surface area is 110 Å². The van der Waals surface area contributed by atoms with Crippen LogP contribution in [0.2, 0.25) is 5.02 Å². The molecule has 1 atom stereocenters. The van der Waals surface area contributed by atoms with Crippen LogP contribution in [0.1, 0.15) is 6.92 Å². The van der Waals surface area contributed by atoms with Crippen molar-refractivity contribution in [3.63, 3.8) is 0 Å². The molecule has 2 rings (SSSR count). The Hall–Kier alpha value is -1.75. The van der Waals surface area contributed by atoms with Crippen LogP contribution in [-0.2, 0) is 0 Å². The Bertz CT molecular complexity index is 475. The third-order valence-corrected chi connectivity index (χ3v) is 3.23. The van der Waals surface area contributed by atoms with Gasteiger partial charge < -0.3 is 10.2 Å². The number of halogens is 1. The Morgan fingerprint density at radius 1 is 1.39 bits per heavy atom. The van der Waals surface area contributed by atoms with E-state index in [1.807, 2.05) is 6.92 Å². The number of amides is 4. The second kappa shape index (κ2) is 4.86. The van der Waals surface area contributed by atoms with E-state index in [1.54, 1.807) is 36.2 Å². The molecule has 1 saturated heterocycles. The lowest BCUT2D eigenvalue weighted by atomic mass is 10.3. The summed E-state index contributed by atoms with van der Waals surface area (Å²) in [5.74, 6) is 0. The minimum atomic E-state index is -0.418. The fourth-order valence-electron chi connectivity index (χ4n) is 1.74. The van der Waals surface area contributed by atoms with E-state index < -0.39 is 6.03 Å². The van der Waals surface area contributed by atoms with Crippen molar-refractivity contribution in [3.8, 4) is 0 Å². The van der Waals surface area contributed by atoms with Gasteiger partial charge in [0.1, 0.15) is 0 Å². The lowest BCUT2D eigenvalue weighted by Crippen LogP contribution is -2.37. The van der Waals surface area contributed by atoms with Gasteiger partial charge in [-0.2, -0.15) is 0 Å². The zero-order chi connectivity index (χ0) is 13.3. The van der Waals surface area contributed by atoms with Crippen LogP contribution >= 0.6 is 11.6 Å². The minimum Gasteiger partial charge on any atom is -0.323 e. The predicted molar refractivity (Wildman–Crippen MR) is 69.8 cm³/mol. The van der Waals surface area contributed by atoms with E-state index in [2.05, 4.69) is 5.32 Å². The number of likely N-dealkylation sites (N-methyl/N-ethyl adjacent to an activating group) is 1. The van der Waals surface area contributed by atoms with Crippen LogP contribution in [-0.4, -0.2) is 41.5 Å². The van der Waals surface area contributed by atoms with Crippen LogP contribution in [0.4, 0.5) is 15.3 Å². The lowest BCUT2D eigenvalue weighted by molar-refractivity contribution is 0.194. The SMILES string of the molecule is CC1CN(C(=O)Nc2ccc(Cl)cc2)C(=O)N1C. The zero-order valence-corrected chi connectivity index (χ0v) is 10.9. The molecule has 0 radical (unpaired) electrons.